The second-order valence-corrected chi connectivity index (χ2v) is 8.24. The molecule has 162 valence electrons. The molecule has 6 nitrogen and oxygen atoms in total. The number of halogens is 2. The molecule has 0 bridgehead atoms. The fourth-order valence-corrected chi connectivity index (χ4v) is 4.42. The van der Waals surface area contributed by atoms with E-state index in [4.69, 9.17) is 27.1 Å². The lowest BCUT2D eigenvalue weighted by atomic mass is 10.0. The van der Waals surface area contributed by atoms with E-state index in [9.17, 15) is 14.0 Å². The predicted octanol–water partition coefficient (Wildman–Crippen LogP) is 3.68. The zero-order valence-corrected chi connectivity index (χ0v) is 17.8. The summed E-state index contributed by atoms with van der Waals surface area (Å²) in [6.07, 6.45) is 0.449. The van der Waals surface area contributed by atoms with E-state index in [-0.39, 0.29) is 10.9 Å². The number of fused-ring (bicyclic) bond motifs is 3. The molecule has 2 heterocycles. The van der Waals surface area contributed by atoms with Crippen LogP contribution in [0.5, 0.6) is 0 Å². The highest BCUT2D eigenvalue weighted by Gasteiger charge is 2.28. The molecule has 1 saturated heterocycles. The Balaban J connectivity index is 1.57. The van der Waals surface area contributed by atoms with Crippen LogP contribution < -0.4 is 5.73 Å². The van der Waals surface area contributed by atoms with Crippen LogP contribution in [0.15, 0.2) is 42.5 Å². The number of primary amides is 1. The average molecular weight is 452 g/mol. The van der Waals surface area contributed by atoms with E-state index in [1.54, 1.807) is 23.1 Å². The van der Waals surface area contributed by atoms with Crippen molar-refractivity contribution in [1.29, 1.82) is 0 Å². The minimum absolute atomic E-state index is 0.0305. The number of carbonyl (C=O) groups is 2. The molecule has 1 fully saturated rings. The number of nitrogens with two attached hydrogens (primary N) is 1. The molecule has 1 aromatic heterocycles. The van der Waals surface area contributed by atoms with Gasteiger partial charge in [0.05, 0.1) is 29.6 Å². The Bertz CT molecular complexity index is 1270. The number of hydrogen-bond donors (Lipinski definition) is 1. The van der Waals surface area contributed by atoms with E-state index in [1.807, 2.05) is 12.1 Å². The van der Waals surface area contributed by atoms with E-state index in [1.165, 1.54) is 12.1 Å². The smallest absolute Gasteiger partial charge is 0.254 e. The van der Waals surface area contributed by atoms with Crippen molar-refractivity contribution in [2.24, 2.45) is 5.73 Å². The van der Waals surface area contributed by atoms with Crippen LogP contribution in [-0.2, 0) is 11.2 Å². The molecule has 2 aromatic carbocycles. The van der Waals surface area contributed by atoms with Crippen LogP contribution in [0.4, 0.5) is 4.39 Å². The third-order valence-electron chi connectivity index (χ3n) is 5.88. The fraction of sp³-hybridized carbons (Fsp3) is 0.208. The molecule has 0 unspecified atom stereocenters. The minimum Gasteiger partial charge on any atom is -0.378 e. The van der Waals surface area contributed by atoms with Gasteiger partial charge in [-0.25, -0.2) is 9.37 Å². The number of pyridine rings is 1. The molecule has 0 radical (unpaired) electrons. The number of hydrogen-bond acceptors (Lipinski definition) is 4. The molecule has 2 aliphatic rings. The number of morpholine rings is 1. The van der Waals surface area contributed by atoms with Crippen LogP contribution in [0.1, 0.15) is 31.8 Å². The number of rotatable bonds is 3. The van der Waals surface area contributed by atoms with E-state index >= 15 is 0 Å². The SMILES string of the molecule is NC(=O)c1cc(-c2ccc(F)c(Cl)c2)nc2c1Cc1cc(C(=O)N3CCOCC3)ccc1-2. The summed E-state index contributed by atoms with van der Waals surface area (Å²) in [4.78, 5) is 31.6. The van der Waals surface area contributed by atoms with Gasteiger partial charge in [0.1, 0.15) is 5.82 Å². The van der Waals surface area contributed by atoms with E-state index in [0.29, 0.717) is 60.8 Å². The molecular formula is C24H19ClFN3O3. The van der Waals surface area contributed by atoms with Gasteiger partial charge in [0, 0.05) is 41.8 Å². The van der Waals surface area contributed by atoms with Gasteiger partial charge in [0.15, 0.2) is 0 Å². The Morgan fingerprint density at radius 1 is 1.09 bits per heavy atom. The van der Waals surface area contributed by atoms with Crippen molar-refractivity contribution in [3.8, 4) is 22.5 Å². The maximum Gasteiger partial charge on any atom is 0.254 e. The largest absolute Gasteiger partial charge is 0.378 e. The first-order valence-corrected chi connectivity index (χ1v) is 10.6. The zero-order chi connectivity index (χ0) is 22.4. The topological polar surface area (TPSA) is 85.5 Å². The molecule has 5 rings (SSSR count). The molecular weight excluding hydrogens is 433 g/mol. The molecule has 3 aromatic rings. The van der Waals surface area contributed by atoms with Crippen molar-refractivity contribution in [3.05, 3.63) is 75.6 Å². The van der Waals surface area contributed by atoms with Crippen LogP contribution in [0.2, 0.25) is 5.02 Å². The third kappa shape index (κ3) is 3.53. The lowest BCUT2D eigenvalue weighted by molar-refractivity contribution is 0.0303. The quantitative estimate of drug-likeness (QED) is 0.515. The van der Waals surface area contributed by atoms with Crippen molar-refractivity contribution in [2.45, 2.75) is 6.42 Å². The van der Waals surface area contributed by atoms with Gasteiger partial charge in [-0.2, -0.15) is 0 Å². The molecule has 1 aliphatic heterocycles. The Morgan fingerprint density at radius 2 is 1.88 bits per heavy atom. The summed E-state index contributed by atoms with van der Waals surface area (Å²) in [6, 6.07) is 11.4. The van der Waals surface area contributed by atoms with Gasteiger partial charge >= 0.3 is 0 Å². The maximum atomic E-state index is 13.6. The van der Waals surface area contributed by atoms with Crippen LogP contribution in [0.3, 0.4) is 0 Å². The molecule has 1 aliphatic carbocycles. The highest BCUT2D eigenvalue weighted by Crippen LogP contribution is 2.39. The van der Waals surface area contributed by atoms with Crippen molar-refractivity contribution < 1.29 is 18.7 Å². The summed E-state index contributed by atoms with van der Waals surface area (Å²) in [5.74, 6) is -1.15. The van der Waals surface area contributed by atoms with Crippen LogP contribution >= 0.6 is 11.6 Å². The summed E-state index contributed by atoms with van der Waals surface area (Å²) in [7, 11) is 0. The maximum absolute atomic E-state index is 13.6. The second-order valence-electron chi connectivity index (χ2n) is 7.83. The summed E-state index contributed by atoms with van der Waals surface area (Å²) >= 11 is 5.94. The Labute approximate surface area is 188 Å². The molecule has 0 saturated carbocycles. The number of benzene rings is 2. The monoisotopic (exact) mass is 451 g/mol. The number of ether oxygens (including phenoxy) is 1. The summed E-state index contributed by atoms with van der Waals surface area (Å²) in [5, 5.41) is -0.0305. The van der Waals surface area contributed by atoms with Gasteiger partial charge in [-0.3, -0.25) is 9.59 Å². The Morgan fingerprint density at radius 3 is 2.59 bits per heavy atom. The first kappa shape index (κ1) is 20.6. The van der Waals surface area contributed by atoms with Gasteiger partial charge in [-0.05, 0) is 47.5 Å². The lowest BCUT2D eigenvalue weighted by Gasteiger charge is -2.27. The molecule has 2 N–H and O–H groups in total. The average Bonchev–Trinajstić information content (AvgIpc) is 3.18. The Hall–Kier alpha value is -3.29. The minimum atomic E-state index is -0.574. The number of nitrogens with zero attached hydrogens (tertiary/aromatic N) is 2. The molecule has 32 heavy (non-hydrogen) atoms. The standard InChI is InChI=1S/C24H19ClFN3O3/c25-19-11-13(2-4-20(19)26)21-12-18(23(27)30)17-10-15-9-14(1-3-16(15)22(17)28-21)24(31)29-5-7-32-8-6-29/h1-4,9,11-12H,5-8,10H2,(H2,27,30). The van der Waals surface area contributed by atoms with Crippen LogP contribution in [0.25, 0.3) is 22.5 Å². The van der Waals surface area contributed by atoms with Crippen molar-refractivity contribution >= 4 is 23.4 Å². The van der Waals surface area contributed by atoms with Gasteiger partial charge in [-0.15, -0.1) is 0 Å². The predicted molar refractivity (Wildman–Crippen MR) is 118 cm³/mol. The van der Waals surface area contributed by atoms with Crippen LogP contribution in [-0.4, -0.2) is 48.0 Å². The van der Waals surface area contributed by atoms with Crippen molar-refractivity contribution in [1.82, 2.24) is 9.88 Å². The molecule has 2 amide bonds. The van der Waals surface area contributed by atoms with Gasteiger partial charge in [0.25, 0.3) is 5.91 Å². The van der Waals surface area contributed by atoms with Gasteiger partial charge in [0.2, 0.25) is 5.91 Å². The van der Waals surface area contributed by atoms with E-state index in [2.05, 4.69) is 0 Å². The van der Waals surface area contributed by atoms with E-state index < -0.39 is 11.7 Å². The molecule has 0 spiro atoms. The van der Waals surface area contributed by atoms with Crippen molar-refractivity contribution in [2.75, 3.05) is 26.3 Å². The lowest BCUT2D eigenvalue weighted by Crippen LogP contribution is -2.40. The van der Waals surface area contributed by atoms with Gasteiger partial charge in [-0.1, -0.05) is 17.7 Å². The Kier molecular flexibility index (Phi) is 5.15. The third-order valence-corrected chi connectivity index (χ3v) is 6.17. The first-order valence-electron chi connectivity index (χ1n) is 10.2. The van der Waals surface area contributed by atoms with Gasteiger partial charge < -0.3 is 15.4 Å². The highest BCUT2D eigenvalue weighted by molar-refractivity contribution is 6.31. The number of carbonyl (C=O) groups excluding carboxylic acids is 2. The van der Waals surface area contributed by atoms with Crippen LogP contribution in [0, 0.1) is 5.82 Å². The fourth-order valence-electron chi connectivity index (χ4n) is 4.24. The zero-order valence-electron chi connectivity index (χ0n) is 17.0. The summed E-state index contributed by atoms with van der Waals surface area (Å²) in [5.41, 5.74) is 10.8. The van der Waals surface area contributed by atoms with E-state index in [0.717, 1.165) is 16.7 Å². The highest BCUT2D eigenvalue weighted by atomic mass is 35.5. The van der Waals surface area contributed by atoms with Crippen molar-refractivity contribution in [3.63, 3.8) is 0 Å². The summed E-state index contributed by atoms with van der Waals surface area (Å²) in [6.45, 7) is 2.19. The first-order chi connectivity index (χ1) is 15.4. The number of aromatic nitrogens is 1. The second kappa shape index (κ2) is 8.00. The normalized spacial score (nSPS) is 14.8. The summed E-state index contributed by atoms with van der Waals surface area (Å²) < 4.78 is 18.9. The number of amides is 2. The molecule has 8 heteroatoms. The molecule has 0 atom stereocenters.